The molecule has 0 spiro atoms. The molecule has 0 aromatic heterocycles. The molecule has 1 aromatic rings. The Balaban J connectivity index is 0.00000361. The Morgan fingerprint density at radius 3 is 2.05 bits per heavy atom. The minimum absolute atomic E-state index is 0. The Labute approximate surface area is 143 Å². The van der Waals surface area contributed by atoms with Crippen molar-refractivity contribution in [3.63, 3.8) is 0 Å². The first-order valence-corrected chi connectivity index (χ1v) is 8.38. The predicted molar refractivity (Wildman–Crippen MR) is 85.2 cm³/mol. The number of carbonyl (C=O) groups is 2. The van der Waals surface area contributed by atoms with E-state index in [0.29, 0.717) is 5.56 Å². The Morgan fingerprint density at radius 2 is 1.60 bits per heavy atom. The molecule has 4 nitrogen and oxygen atoms in total. The van der Waals surface area contributed by atoms with Crippen molar-refractivity contribution in [3.05, 3.63) is 35.4 Å². The second-order valence-electron chi connectivity index (χ2n) is 4.09. The Morgan fingerprint density at radius 1 is 1.10 bits per heavy atom. The molecule has 0 saturated heterocycles. The van der Waals surface area contributed by atoms with Gasteiger partial charge in [-0.25, -0.2) is 9.59 Å². The molecule has 0 heterocycles. The molecular weight excluding hydrogens is 287 g/mol. The number of hydrogen-bond acceptors (Lipinski definition) is 3. The topological polar surface area (TPSA) is 63.6 Å². The molecular formula is C14H21NaO4S. The van der Waals surface area contributed by atoms with E-state index in [1.165, 1.54) is 12.1 Å². The van der Waals surface area contributed by atoms with Crippen LogP contribution in [0.1, 0.15) is 41.5 Å². The van der Waals surface area contributed by atoms with E-state index in [0.717, 1.165) is 17.3 Å². The van der Waals surface area contributed by atoms with Crippen LogP contribution in [0.15, 0.2) is 24.3 Å². The molecule has 0 radical (unpaired) electrons. The van der Waals surface area contributed by atoms with Gasteiger partial charge in [-0.3, -0.25) is 0 Å². The van der Waals surface area contributed by atoms with Gasteiger partial charge >= 0.3 is 41.5 Å². The molecule has 0 saturated carbocycles. The molecule has 0 amide bonds. The zero-order valence-corrected chi connectivity index (χ0v) is 12.3. The van der Waals surface area contributed by atoms with Crippen LogP contribution in [0.3, 0.4) is 0 Å². The molecule has 6 heteroatoms. The molecule has 0 aliphatic heterocycles. The molecule has 0 unspecified atom stereocenters. The van der Waals surface area contributed by atoms with Gasteiger partial charge in [0.05, 0.1) is 11.1 Å². The van der Waals surface area contributed by atoms with Crippen molar-refractivity contribution in [1.82, 2.24) is 0 Å². The molecule has 0 bridgehead atoms. The van der Waals surface area contributed by atoms with E-state index >= 15 is 0 Å². The zero-order chi connectivity index (χ0) is 14.5. The third kappa shape index (κ3) is 4.81. The van der Waals surface area contributed by atoms with Gasteiger partial charge < -0.3 is 9.29 Å². The predicted octanol–water partition coefficient (Wildman–Crippen LogP) is 2.67. The quantitative estimate of drug-likeness (QED) is 0.821. The van der Waals surface area contributed by atoms with Gasteiger partial charge in [-0.05, 0) is 18.2 Å². The van der Waals surface area contributed by atoms with Crippen molar-refractivity contribution < 1.29 is 18.9 Å². The van der Waals surface area contributed by atoms with Crippen LogP contribution >= 0.6 is 10.3 Å². The fraction of sp³-hybridized carbons (Fsp3) is 0.429. The summed E-state index contributed by atoms with van der Waals surface area (Å²) in [4.78, 5) is 23.0. The van der Waals surface area contributed by atoms with E-state index in [4.69, 9.17) is 9.29 Å². The summed E-state index contributed by atoms with van der Waals surface area (Å²) in [6.07, 6.45) is 0. The normalized spacial score (nSPS) is 11.3. The first-order valence-electron chi connectivity index (χ1n) is 6.31. The second kappa shape index (κ2) is 8.72. The summed E-state index contributed by atoms with van der Waals surface area (Å²) in [7, 11) is -1.39. The summed E-state index contributed by atoms with van der Waals surface area (Å²) >= 11 is 0. The molecule has 20 heavy (non-hydrogen) atoms. The van der Waals surface area contributed by atoms with E-state index in [1.54, 1.807) is 12.1 Å². The Bertz CT molecular complexity index is 464. The van der Waals surface area contributed by atoms with Crippen molar-refractivity contribution in [2.24, 2.45) is 0 Å². The summed E-state index contributed by atoms with van der Waals surface area (Å²) in [5.74, 6) is 0.998. The van der Waals surface area contributed by atoms with Crippen LogP contribution in [0.5, 0.6) is 0 Å². The first kappa shape index (κ1) is 19.5. The van der Waals surface area contributed by atoms with Crippen molar-refractivity contribution in [2.45, 2.75) is 20.8 Å². The van der Waals surface area contributed by atoms with Crippen LogP contribution in [0.4, 0.5) is 0 Å². The number of carboxylic acids is 1. The second-order valence-corrected chi connectivity index (χ2v) is 7.92. The van der Waals surface area contributed by atoms with Crippen molar-refractivity contribution in [3.8, 4) is 0 Å². The molecule has 0 atom stereocenters. The van der Waals surface area contributed by atoms with Gasteiger partial charge in [-0.2, -0.15) is 0 Å². The number of carbonyl (C=O) groups excluding carboxylic acids is 1. The average Bonchev–Trinajstić information content (AvgIpc) is 2.45. The fourth-order valence-electron chi connectivity index (χ4n) is 1.78. The van der Waals surface area contributed by atoms with Crippen molar-refractivity contribution in [1.29, 1.82) is 0 Å². The molecule has 0 aliphatic carbocycles. The SMILES string of the molecule is CCS(CC)(CC)OC(=O)c1cccc(C(=O)O)c1.[NaH]. The molecule has 1 N–H and O–H groups in total. The summed E-state index contributed by atoms with van der Waals surface area (Å²) in [6.45, 7) is 6.05. The molecule has 1 aromatic carbocycles. The number of hydrogen-bond donors (Lipinski definition) is 1. The van der Waals surface area contributed by atoms with Gasteiger partial charge in [0.15, 0.2) is 0 Å². The van der Waals surface area contributed by atoms with Crippen molar-refractivity contribution >= 4 is 51.8 Å². The van der Waals surface area contributed by atoms with Crippen LogP contribution in [-0.2, 0) is 4.18 Å². The summed E-state index contributed by atoms with van der Waals surface area (Å²) < 4.78 is 5.66. The number of aromatic carboxylic acids is 1. The number of rotatable bonds is 6. The van der Waals surface area contributed by atoms with Crippen LogP contribution in [0.2, 0.25) is 0 Å². The maximum absolute atomic E-state index is 12.1. The fourth-order valence-corrected chi connectivity index (χ4v) is 3.77. The van der Waals surface area contributed by atoms with Gasteiger partial charge in [-0.15, -0.1) is 0 Å². The number of benzene rings is 1. The van der Waals surface area contributed by atoms with Gasteiger partial charge in [0.25, 0.3) is 0 Å². The molecule has 1 rings (SSSR count). The molecule has 108 valence electrons. The van der Waals surface area contributed by atoms with Gasteiger partial charge in [0, 0.05) is 17.3 Å². The minimum atomic E-state index is -1.39. The third-order valence-electron chi connectivity index (χ3n) is 3.18. The third-order valence-corrected chi connectivity index (χ3v) is 6.84. The summed E-state index contributed by atoms with van der Waals surface area (Å²) in [6, 6.07) is 5.95. The number of carboxylic acid groups (broad SMARTS) is 1. The van der Waals surface area contributed by atoms with E-state index in [-0.39, 0.29) is 35.1 Å². The zero-order valence-electron chi connectivity index (χ0n) is 11.5. The first-order chi connectivity index (χ1) is 8.98. The van der Waals surface area contributed by atoms with Crippen LogP contribution in [0, 0.1) is 0 Å². The maximum atomic E-state index is 12.1. The molecule has 0 fully saturated rings. The van der Waals surface area contributed by atoms with Crippen LogP contribution in [0.25, 0.3) is 0 Å². The summed E-state index contributed by atoms with van der Waals surface area (Å²) in [5, 5.41) is 8.92. The van der Waals surface area contributed by atoms with Crippen LogP contribution in [-0.4, -0.2) is 63.9 Å². The van der Waals surface area contributed by atoms with Gasteiger partial charge in [0.1, 0.15) is 0 Å². The Kier molecular flexibility index (Phi) is 8.51. The van der Waals surface area contributed by atoms with Crippen molar-refractivity contribution in [2.75, 3.05) is 17.3 Å². The Hall–Kier alpha value is -0.490. The van der Waals surface area contributed by atoms with Gasteiger partial charge in [-0.1, -0.05) is 37.1 Å². The average molecular weight is 308 g/mol. The van der Waals surface area contributed by atoms with Crippen LogP contribution < -0.4 is 0 Å². The van der Waals surface area contributed by atoms with E-state index < -0.39 is 22.2 Å². The molecule has 0 aliphatic rings. The van der Waals surface area contributed by atoms with E-state index in [1.807, 2.05) is 20.8 Å². The standard InChI is InChI=1S/C14H20O4S.Na.H/c1-4-19(5-2,6-3)18-14(17)12-9-7-8-11(10-12)13(15)16;;/h7-10H,4-6H2,1-3H3,(H,15,16);;. The van der Waals surface area contributed by atoms with Gasteiger partial charge in [0.2, 0.25) is 0 Å². The summed E-state index contributed by atoms with van der Waals surface area (Å²) in [5.41, 5.74) is 0.395. The van der Waals surface area contributed by atoms with E-state index in [9.17, 15) is 9.59 Å². The monoisotopic (exact) mass is 308 g/mol. The van der Waals surface area contributed by atoms with E-state index in [2.05, 4.69) is 0 Å².